The highest BCUT2D eigenvalue weighted by Crippen LogP contribution is 2.32. The second-order valence-electron chi connectivity index (χ2n) is 4.71. The molecule has 4 heteroatoms. The largest absolute Gasteiger partial charge is 0.335 e. The first-order valence-corrected chi connectivity index (χ1v) is 8.29. The van der Waals surface area contributed by atoms with Gasteiger partial charge in [0.1, 0.15) is 0 Å². The lowest BCUT2D eigenvalue weighted by atomic mass is 10.1. The predicted octanol–water partition coefficient (Wildman–Crippen LogP) is 5.01. The quantitative estimate of drug-likeness (QED) is 0.825. The molecule has 1 unspecified atom stereocenters. The number of anilines is 1. The Morgan fingerprint density at radius 1 is 1.15 bits per heavy atom. The molecule has 1 atom stereocenters. The molecular formula is C16H15BrN2S. The highest BCUT2D eigenvalue weighted by atomic mass is 79.9. The molecule has 102 valence electrons. The van der Waals surface area contributed by atoms with Crippen LogP contribution in [0.3, 0.4) is 0 Å². The molecule has 0 fully saturated rings. The van der Waals surface area contributed by atoms with Gasteiger partial charge < -0.3 is 5.32 Å². The summed E-state index contributed by atoms with van der Waals surface area (Å²) < 4.78 is 1.12. The fourth-order valence-corrected chi connectivity index (χ4v) is 3.48. The number of nitrogens with one attached hydrogen (secondary N) is 1. The summed E-state index contributed by atoms with van der Waals surface area (Å²) in [6.07, 6.45) is 0. The first-order valence-electron chi connectivity index (χ1n) is 6.52. The summed E-state index contributed by atoms with van der Waals surface area (Å²) in [6, 6.07) is 16.9. The highest BCUT2D eigenvalue weighted by Gasteiger charge is 2.20. The highest BCUT2D eigenvalue weighted by molar-refractivity contribution is 9.10. The van der Waals surface area contributed by atoms with Gasteiger partial charge in [-0.2, -0.15) is 0 Å². The molecule has 0 aromatic heterocycles. The third kappa shape index (κ3) is 2.91. The van der Waals surface area contributed by atoms with Crippen LogP contribution in [-0.2, 0) is 0 Å². The number of halogens is 1. The zero-order valence-corrected chi connectivity index (χ0v) is 13.5. The van der Waals surface area contributed by atoms with E-state index in [0.717, 1.165) is 21.1 Å². The Hall–Kier alpha value is -1.26. The third-order valence-electron chi connectivity index (χ3n) is 3.34. The molecule has 0 saturated heterocycles. The Balaban J connectivity index is 1.78. The third-order valence-corrected chi connectivity index (χ3v) is 5.17. The summed E-state index contributed by atoms with van der Waals surface area (Å²) in [4.78, 5) is 4.78. The van der Waals surface area contributed by atoms with E-state index in [1.807, 2.05) is 12.1 Å². The van der Waals surface area contributed by atoms with E-state index < -0.39 is 0 Å². The molecule has 2 nitrogen and oxygen atoms in total. The summed E-state index contributed by atoms with van der Waals surface area (Å²) >= 11 is 5.34. The van der Waals surface area contributed by atoms with Crippen molar-refractivity contribution in [2.24, 2.45) is 4.99 Å². The maximum Gasteiger partial charge on any atom is 0.161 e. The SMILES string of the molecule is Cc1c(Br)cccc1NC1=NC(c2ccccc2)CS1. The average Bonchev–Trinajstić information content (AvgIpc) is 2.93. The Morgan fingerprint density at radius 3 is 2.75 bits per heavy atom. The monoisotopic (exact) mass is 346 g/mol. The molecular weight excluding hydrogens is 332 g/mol. The van der Waals surface area contributed by atoms with Gasteiger partial charge in [-0.15, -0.1) is 0 Å². The molecule has 2 aromatic rings. The van der Waals surface area contributed by atoms with E-state index >= 15 is 0 Å². The lowest BCUT2D eigenvalue weighted by molar-refractivity contribution is 0.849. The number of aliphatic imine (C=N–C) groups is 1. The van der Waals surface area contributed by atoms with Crippen molar-refractivity contribution in [3.8, 4) is 0 Å². The Labute approximate surface area is 131 Å². The first-order chi connectivity index (χ1) is 9.74. The molecule has 0 amide bonds. The topological polar surface area (TPSA) is 24.4 Å². The number of hydrogen-bond acceptors (Lipinski definition) is 3. The van der Waals surface area contributed by atoms with Gasteiger partial charge in [-0.1, -0.05) is 64.1 Å². The molecule has 20 heavy (non-hydrogen) atoms. The number of nitrogens with zero attached hydrogens (tertiary/aromatic N) is 1. The van der Waals surface area contributed by atoms with E-state index in [4.69, 9.17) is 4.99 Å². The van der Waals surface area contributed by atoms with Crippen molar-refractivity contribution < 1.29 is 0 Å². The Morgan fingerprint density at radius 2 is 1.95 bits per heavy atom. The van der Waals surface area contributed by atoms with Crippen molar-refractivity contribution in [1.29, 1.82) is 0 Å². The summed E-state index contributed by atoms with van der Waals surface area (Å²) in [6.45, 7) is 2.10. The zero-order valence-electron chi connectivity index (χ0n) is 11.1. The van der Waals surface area contributed by atoms with Gasteiger partial charge in [-0.05, 0) is 30.2 Å². The van der Waals surface area contributed by atoms with Crippen LogP contribution in [0.2, 0.25) is 0 Å². The molecule has 2 aromatic carbocycles. The minimum atomic E-state index is 0.260. The van der Waals surface area contributed by atoms with Crippen molar-refractivity contribution in [2.75, 3.05) is 11.1 Å². The number of hydrogen-bond donors (Lipinski definition) is 1. The van der Waals surface area contributed by atoms with E-state index in [1.165, 1.54) is 11.1 Å². The standard InChI is InChI=1S/C16H15BrN2S/c1-11-13(17)8-5-9-14(11)18-16-19-15(10-20-16)12-6-3-2-4-7-12/h2-9,15H,10H2,1H3,(H,18,19). The van der Waals surface area contributed by atoms with Crippen molar-refractivity contribution in [3.63, 3.8) is 0 Å². The van der Waals surface area contributed by atoms with Crippen LogP contribution >= 0.6 is 27.7 Å². The molecule has 0 saturated carbocycles. The number of benzene rings is 2. The lowest BCUT2D eigenvalue weighted by Crippen LogP contribution is -2.06. The van der Waals surface area contributed by atoms with Gasteiger partial charge in [0.2, 0.25) is 0 Å². The zero-order chi connectivity index (χ0) is 13.9. The predicted molar refractivity (Wildman–Crippen MR) is 91.6 cm³/mol. The van der Waals surface area contributed by atoms with E-state index in [9.17, 15) is 0 Å². The number of amidine groups is 1. The van der Waals surface area contributed by atoms with Crippen LogP contribution in [0.25, 0.3) is 0 Å². The van der Waals surface area contributed by atoms with Crippen LogP contribution < -0.4 is 5.32 Å². The molecule has 0 spiro atoms. The molecule has 3 rings (SSSR count). The minimum Gasteiger partial charge on any atom is -0.335 e. The number of thioether (sulfide) groups is 1. The summed E-state index contributed by atoms with van der Waals surface area (Å²) in [5, 5.41) is 4.43. The van der Waals surface area contributed by atoms with Crippen LogP contribution in [0.15, 0.2) is 58.0 Å². The van der Waals surface area contributed by atoms with Gasteiger partial charge in [0.15, 0.2) is 5.17 Å². The van der Waals surface area contributed by atoms with E-state index in [1.54, 1.807) is 11.8 Å². The van der Waals surface area contributed by atoms with Crippen molar-refractivity contribution in [1.82, 2.24) is 0 Å². The van der Waals surface area contributed by atoms with Gasteiger partial charge in [0, 0.05) is 15.9 Å². The fourth-order valence-electron chi connectivity index (χ4n) is 2.15. The van der Waals surface area contributed by atoms with Gasteiger partial charge >= 0.3 is 0 Å². The fraction of sp³-hybridized carbons (Fsp3) is 0.188. The van der Waals surface area contributed by atoms with Gasteiger partial charge in [-0.3, -0.25) is 4.99 Å². The second-order valence-corrected chi connectivity index (χ2v) is 6.57. The molecule has 1 aliphatic heterocycles. The van der Waals surface area contributed by atoms with Gasteiger partial charge in [-0.25, -0.2) is 0 Å². The molecule has 0 radical (unpaired) electrons. The summed E-state index contributed by atoms with van der Waals surface area (Å²) in [7, 11) is 0. The number of rotatable bonds is 2. The smallest absolute Gasteiger partial charge is 0.161 e. The molecule has 1 N–H and O–H groups in total. The van der Waals surface area contributed by atoms with Crippen molar-refractivity contribution >= 4 is 38.5 Å². The van der Waals surface area contributed by atoms with Crippen molar-refractivity contribution in [3.05, 3.63) is 64.1 Å². The minimum absolute atomic E-state index is 0.260. The lowest BCUT2D eigenvalue weighted by Gasteiger charge is -2.09. The van der Waals surface area contributed by atoms with E-state index in [2.05, 4.69) is 64.6 Å². The Kier molecular flexibility index (Phi) is 4.13. The summed E-state index contributed by atoms with van der Waals surface area (Å²) in [5.74, 6) is 0.999. The molecule has 1 aliphatic rings. The second kappa shape index (κ2) is 6.02. The van der Waals surface area contributed by atoms with Crippen LogP contribution in [-0.4, -0.2) is 10.9 Å². The van der Waals surface area contributed by atoms with Crippen LogP contribution in [0.5, 0.6) is 0 Å². The Bertz CT molecular complexity index is 640. The average molecular weight is 347 g/mol. The van der Waals surface area contributed by atoms with Gasteiger partial charge in [0.05, 0.1) is 6.04 Å². The maximum atomic E-state index is 4.78. The van der Waals surface area contributed by atoms with Crippen LogP contribution in [0.1, 0.15) is 17.2 Å². The normalized spacial score (nSPS) is 17.9. The van der Waals surface area contributed by atoms with Gasteiger partial charge in [0.25, 0.3) is 0 Å². The van der Waals surface area contributed by atoms with Crippen LogP contribution in [0.4, 0.5) is 5.69 Å². The molecule has 0 aliphatic carbocycles. The maximum absolute atomic E-state index is 4.78. The van der Waals surface area contributed by atoms with Crippen LogP contribution in [0, 0.1) is 6.92 Å². The van der Waals surface area contributed by atoms with E-state index in [0.29, 0.717) is 0 Å². The molecule has 1 heterocycles. The summed E-state index contributed by atoms with van der Waals surface area (Å²) in [5.41, 5.74) is 3.60. The van der Waals surface area contributed by atoms with Crippen molar-refractivity contribution in [2.45, 2.75) is 13.0 Å². The first kappa shape index (κ1) is 13.7. The van der Waals surface area contributed by atoms with E-state index in [-0.39, 0.29) is 6.04 Å². The molecule has 0 bridgehead atoms.